The van der Waals surface area contributed by atoms with Gasteiger partial charge in [0, 0.05) is 23.8 Å². The van der Waals surface area contributed by atoms with Gasteiger partial charge in [-0.1, -0.05) is 12.1 Å². The minimum absolute atomic E-state index is 1.06. The molecule has 0 bridgehead atoms. The van der Waals surface area contributed by atoms with Crippen LogP contribution in [0.2, 0.25) is 0 Å². The lowest BCUT2D eigenvalue weighted by Crippen LogP contribution is -1.89. The number of aryl methyl sites for hydroxylation is 1. The van der Waals surface area contributed by atoms with Crippen molar-refractivity contribution in [1.29, 1.82) is 0 Å². The first-order valence-corrected chi connectivity index (χ1v) is 4.58. The van der Waals surface area contributed by atoms with E-state index in [9.17, 15) is 0 Å². The Balaban J connectivity index is 2.19. The highest BCUT2D eigenvalue weighted by Crippen LogP contribution is 2.15. The summed E-state index contributed by atoms with van der Waals surface area (Å²) >= 11 is 0. The summed E-state index contributed by atoms with van der Waals surface area (Å²) in [6.45, 7) is 2.08. The van der Waals surface area contributed by atoms with Gasteiger partial charge in [-0.2, -0.15) is 0 Å². The van der Waals surface area contributed by atoms with Crippen molar-refractivity contribution in [2.75, 3.05) is 5.32 Å². The Morgan fingerprint density at radius 2 is 1.79 bits per heavy atom. The molecule has 0 aliphatic rings. The largest absolute Gasteiger partial charge is 0.355 e. The van der Waals surface area contributed by atoms with E-state index in [0.717, 1.165) is 11.4 Å². The van der Waals surface area contributed by atoms with Crippen LogP contribution in [0.15, 0.2) is 48.8 Å². The minimum atomic E-state index is 1.06. The molecule has 0 fully saturated rings. The molecule has 1 aromatic carbocycles. The number of hydrogen-bond acceptors (Lipinski definition) is 2. The number of aromatic nitrogens is 1. The van der Waals surface area contributed by atoms with E-state index in [2.05, 4.69) is 29.4 Å². The zero-order valence-corrected chi connectivity index (χ0v) is 8.07. The smallest absolute Gasteiger partial charge is 0.0415 e. The van der Waals surface area contributed by atoms with Crippen LogP contribution in [-0.2, 0) is 0 Å². The van der Waals surface area contributed by atoms with Crippen LogP contribution in [0.1, 0.15) is 5.56 Å². The average molecular weight is 184 g/mol. The summed E-state index contributed by atoms with van der Waals surface area (Å²) in [5, 5.41) is 3.30. The zero-order valence-electron chi connectivity index (χ0n) is 8.07. The third-order valence-electron chi connectivity index (χ3n) is 1.99. The predicted octanol–water partition coefficient (Wildman–Crippen LogP) is 3.13. The van der Waals surface area contributed by atoms with Crippen molar-refractivity contribution in [1.82, 2.24) is 4.98 Å². The monoisotopic (exact) mass is 184 g/mol. The summed E-state index contributed by atoms with van der Waals surface area (Å²) in [7, 11) is 0. The second-order valence-corrected chi connectivity index (χ2v) is 3.23. The molecule has 0 unspecified atom stereocenters. The Labute approximate surface area is 83.6 Å². The quantitative estimate of drug-likeness (QED) is 0.775. The SMILES string of the molecule is Cc1cccc(Nc2ccncc2)c1. The molecule has 1 aromatic heterocycles. The fourth-order valence-corrected chi connectivity index (χ4v) is 1.32. The minimum Gasteiger partial charge on any atom is -0.355 e. The first-order valence-electron chi connectivity index (χ1n) is 4.58. The lowest BCUT2D eigenvalue weighted by Gasteiger charge is -2.05. The van der Waals surface area contributed by atoms with Gasteiger partial charge in [-0.05, 0) is 36.8 Å². The van der Waals surface area contributed by atoms with Crippen LogP contribution in [0, 0.1) is 6.92 Å². The molecule has 2 heteroatoms. The van der Waals surface area contributed by atoms with E-state index in [0.29, 0.717) is 0 Å². The van der Waals surface area contributed by atoms with E-state index in [1.54, 1.807) is 12.4 Å². The van der Waals surface area contributed by atoms with Gasteiger partial charge in [0.1, 0.15) is 0 Å². The highest BCUT2D eigenvalue weighted by atomic mass is 14.9. The number of nitrogens with one attached hydrogen (secondary N) is 1. The van der Waals surface area contributed by atoms with Crippen molar-refractivity contribution in [2.45, 2.75) is 6.92 Å². The highest BCUT2D eigenvalue weighted by molar-refractivity contribution is 5.59. The predicted molar refractivity (Wildman–Crippen MR) is 58.7 cm³/mol. The summed E-state index contributed by atoms with van der Waals surface area (Å²) in [6.07, 6.45) is 3.55. The van der Waals surface area contributed by atoms with Gasteiger partial charge in [0.15, 0.2) is 0 Å². The van der Waals surface area contributed by atoms with Crippen molar-refractivity contribution in [3.63, 3.8) is 0 Å². The van der Waals surface area contributed by atoms with Gasteiger partial charge in [-0.3, -0.25) is 4.98 Å². The third-order valence-corrected chi connectivity index (χ3v) is 1.99. The molecule has 2 rings (SSSR count). The van der Waals surface area contributed by atoms with Crippen LogP contribution in [0.3, 0.4) is 0 Å². The number of nitrogens with zero attached hydrogens (tertiary/aromatic N) is 1. The fraction of sp³-hybridized carbons (Fsp3) is 0.0833. The summed E-state index contributed by atoms with van der Waals surface area (Å²) in [4.78, 5) is 3.96. The van der Waals surface area contributed by atoms with Crippen LogP contribution >= 0.6 is 0 Å². The van der Waals surface area contributed by atoms with Crippen LogP contribution in [0.4, 0.5) is 11.4 Å². The van der Waals surface area contributed by atoms with E-state index >= 15 is 0 Å². The molecule has 0 spiro atoms. The maximum Gasteiger partial charge on any atom is 0.0415 e. The molecule has 2 nitrogen and oxygen atoms in total. The molecule has 70 valence electrons. The highest BCUT2D eigenvalue weighted by Gasteiger charge is 1.92. The summed E-state index contributed by atoms with van der Waals surface area (Å²) < 4.78 is 0. The van der Waals surface area contributed by atoms with Gasteiger partial charge in [-0.15, -0.1) is 0 Å². The molecule has 0 atom stereocenters. The second-order valence-electron chi connectivity index (χ2n) is 3.23. The third kappa shape index (κ3) is 2.10. The number of anilines is 2. The van der Waals surface area contributed by atoms with Crippen molar-refractivity contribution in [3.8, 4) is 0 Å². The Morgan fingerprint density at radius 3 is 2.50 bits per heavy atom. The fourth-order valence-electron chi connectivity index (χ4n) is 1.32. The average Bonchev–Trinajstić information content (AvgIpc) is 2.19. The van der Waals surface area contributed by atoms with Crippen LogP contribution in [0.25, 0.3) is 0 Å². The molecule has 0 radical (unpaired) electrons. The lowest BCUT2D eigenvalue weighted by atomic mass is 10.2. The van der Waals surface area contributed by atoms with Crippen LogP contribution in [-0.4, -0.2) is 4.98 Å². The lowest BCUT2D eigenvalue weighted by molar-refractivity contribution is 1.32. The van der Waals surface area contributed by atoms with E-state index in [4.69, 9.17) is 0 Å². The Morgan fingerprint density at radius 1 is 1.00 bits per heavy atom. The maximum absolute atomic E-state index is 3.96. The number of hydrogen-bond donors (Lipinski definition) is 1. The number of benzene rings is 1. The van der Waals surface area contributed by atoms with Crippen LogP contribution in [0.5, 0.6) is 0 Å². The zero-order chi connectivity index (χ0) is 9.80. The van der Waals surface area contributed by atoms with Gasteiger partial charge in [0.05, 0.1) is 0 Å². The molecule has 1 heterocycles. The molecular formula is C12H12N2. The summed E-state index contributed by atoms with van der Waals surface area (Å²) in [5.74, 6) is 0. The molecule has 14 heavy (non-hydrogen) atoms. The van der Waals surface area contributed by atoms with Gasteiger partial charge in [-0.25, -0.2) is 0 Å². The van der Waals surface area contributed by atoms with Gasteiger partial charge in [0.25, 0.3) is 0 Å². The van der Waals surface area contributed by atoms with Crippen LogP contribution < -0.4 is 5.32 Å². The Hall–Kier alpha value is -1.83. The van der Waals surface area contributed by atoms with Gasteiger partial charge < -0.3 is 5.32 Å². The first-order chi connectivity index (χ1) is 6.84. The maximum atomic E-state index is 3.96. The van der Waals surface area contributed by atoms with Gasteiger partial charge >= 0.3 is 0 Å². The van der Waals surface area contributed by atoms with E-state index in [-0.39, 0.29) is 0 Å². The van der Waals surface area contributed by atoms with E-state index < -0.39 is 0 Å². The Kier molecular flexibility index (Phi) is 2.45. The molecular weight excluding hydrogens is 172 g/mol. The summed E-state index contributed by atoms with van der Waals surface area (Å²) in [6, 6.07) is 12.2. The standard InChI is InChI=1S/C12H12N2/c1-10-3-2-4-12(9-10)14-11-5-7-13-8-6-11/h2-9H,1H3,(H,13,14). The molecule has 1 N–H and O–H groups in total. The van der Waals surface area contributed by atoms with Crippen molar-refractivity contribution in [2.24, 2.45) is 0 Å². The van der Waals surface area contributed by atoms with Gasteiger partial charge in [0.2, 0.25) is 0 Å². The van der Waals surface area contributed by atoms with E-state index in [1.807, 2.05) is 24.3 Å². The second kappa shape index (κ2) is 3.92. The summed E-state index contributed by atoms with van der Waals surface area (Å²) in [5.41, 5.74) is 3.42. The van der Waals surface area contributed by atoms with Crippen molar-refractivity contribution >= 4 is 11.4 Å². The van der Waals surface area contributed by atoms with E-state index in [1.165, 1.54) is 5.56 Å². The molecule has 0 aliphatic carbocycles. The molecule has 0 amide bonds. The number of pyridine rings is 1. The normalized spacial score (nSPS) is 9.79. The number of rotatable bonds is 2. The molecule has 0 saturated carbocycles. The Bertz CT molecular complexity index is 410. The first kappa shape index (κ1) is 8.75. The molecule has 0 saturated heterocycles. The van der Waals surface area contributed by atoms with Crippen molar-refractivity contribution < 1.29 is 0 Å². The molecule has 0 aliphatic heterocycles. The van der Waals surface area contributed by atoms with Crippen molar-refractivity contribution in [3.05, 3.63) is 54.4 Å². The molecule has 2 aromatic rings. The topological polar surface area (TPSA) is 24.9 Å².